The van der Waals surface area contributed by atoms with Gasteiger partial charge in [0.2, 0.25) is 0 Å². The lowest BCUT2D eigenvalue weighted by molar-refractivity contribution is -0.112. The number of hydrogen-bond donors (Lipinski definition) is 1. The summed E-state index contributed by atoms with van der Waals surface area (Å²) in [5, 5.41) is 2.65. The van der Waals surface area contributed by atoms with Gasteiger partial charge in [0.05, 0.1) is 0 Å². The van der Waals surface area contributed by atoms with Crippen molar-refractivity contribution < 1.29 is 14.3 Å². The Labute approximate surface area is 94.1 Å². The number of aldehydes is 1. The minimum Gasteiger partial charge on any atom is -0.444 e. The van der Waals surface area contributed by atoms with Crippen LogP contribution in [0.1, 0.15) is 27.2 Å². The maximum absolute atomic E-state index is 11.5. The Morgan fingerprint density at radius 1 is 1.53 bits per heavy atom. The van der Waals surface area contributed by atoms with Crippen LogP contribution in [0.15, 0.2) is 0 Å². The molecule has 0 aromatic rings. The SMILES string of the molecule is CC(C)(C)OC(=O)NC1(C=O)CCSC1. The Balaban J connectivity index is 2.52. The van der Waals surface area contributed by atoms with E-state index >= 15 is 0 Å². The lowest BCUT2D eigenvalue weighted by atomic mass is 10.0. The Kier molecular flexibility index (Phi) is 3.65. The molecule has 1 unspecified atom stereocenters. The zero-order chi connectivity index (χ0) is 11.5. The number of thioether (sulfide) groups is 1. The summed E-state index contributed by atoms with van der Waals surface area (Å²) in [5.41, 5.74) is -1.24. The molecule has 1 fully saturated rings. The molecule has 0 aliphatic carbocycles. The van der Waals surface area contributed by atoms with Crippen LogP contribution < -0.4 is 5.32 Å². The number of amides is 1. The van der Waals surface area contributed by atoms with Crippen molar-refractivity contribution >= 4 is 24.1 Å². The summed E-state index contributed by atoms with van der Waals surface area (Å²) >= 11 is 1.66. The number of nitrogens with one attached hydrogen (secondary N) is 1. The molecule has 0 radical (unpaired) electrons. The quantitative estimate of drug-likeness (QED) is 0.733. The molecule has 4 nitrogen and oxygen atoms in total. The first-order valence-electron chi connectivity index (χ1n) is 4.92. The number of alkyl carbamates (subject to hydrolysis) is 1. The van der Waals surface area contributed by atoms with Crippen LogP contribution in [0.3, 0.4) is 0 Å². The minimum atomic E-state index is -0.715. The average Bonchev–Trinajstić information content (AvgIpc) is 2.50. The first-order valence-corrected chi connectivity index (χ1v) is 6.08. The van der Waals surface area contributed by atoms with Crippen molar-refractivity contribution in [2.75, 3.05) is 11.5 Å². The van der Waals surface area contributed by atoms with E-state index in [2.05, 4.69) is 5.32 Å². The monoisotopic (exact) mass is 231 g/mol. The van der Waals surface area contributed by atoms with Crippen LogP contribution in [-0.4, -0.2) is 35.0 Å². The summed E-state index contributed by atoms with van der Waals surface area (Å²) < 4.78 is 5.11. The molecule has 1 N–H and O–H groups in total. The second-order valence-electron chi connectivity index (χ2n) is 4.70. The van der Waals surface area contributed by atoms with Crippen molar-refractivity contribution in [2.24, 2.45) is 0 Å². The lowest BCUT2D eigenvalue weighted by Crippen LogP contribution is -2.51. The maximum atomic E-state index is 11.5. The molecule has 0 aromatic heterocycles. The molecule has 5 heteroatoms. The molecule has 0 saturated carbocycles. The van der Waals surface area contributed by atoms with Crippen LogP contribution in [0.25, 0.3) is 0 Å². The van der Waals surface area contributed by atoms with Crippen LogP contribution in [0.2, 0.25) is 0 Å². The second-order valence-corrected chi connectivity index (χ2v) is 5.81. The molecular weight excluding hydrogens is 214 g/mol. The van der Waals surface area contributed by atoms with Gasteiger partial charge >= 0.3 is 6.09 Å². The van der Waals surface area contributed by atoms with Gasteiger partial charge in [-0.2, -0.15) is 11.8 Å². The van der Waals surface area contributed by atoms with Crippen molar-refractivity contribution in [3.05, 3.63) is 0 Å². The Morgan fingerprint density at radius 2 is 2.20 bits per heavy atom. The predicted molar refractivity (Wildman–Crippen MR) is 60.1 cm³/mol. The van der Waals surface area contributed by atoms with Crippen molar-refractivity contribution in [2.45, 2.75) is 38.3 Å². The van der Waals surface area contributed by atoms with Crippen molar-refractivity contribution in [1.82, 2.24) is 5.32 Å². The average molecular weight is 231 g/mol. The number of carbonyl (C=O) groups is 2. The third kappa shape index (κ3) is 3.74. The van der Waals surface area contributed by atoms with E-state index in [-0.39, 0.29) is 0 Å². The number of ether oxygens (including phenoxy) is 1. The lowest BCUT2D eigenvalue weighted by Gasteiger charge is -2.26. The Bertz CT molecular complexity index is 254. The van der Waals surface area contributed by atoms with E-state index in [1.165, 1.54) is 0 Å². The number of rotatable bonds is 2. The molecule has 1 rings (SSSR count). The van der Waals surface area contributed by atoms with Crippen molar-refractivity contribution in [3.8, 4) is 0 Å². The van der Waals surface area contributed by atoms with Crippen LogP contribution in [0, 0.1) is 0 Å². The van der Waals surface area contributed by atoms with E-state index in [1.807, 2.05) is 0 Å². The summed E-state index contributed by atoms with van der Waals surface area (Å²) in [6.07, 6.45) is 0.981. The summed E-state index contributed by atoms with van der Waals surface area (Å²) in [6.45, 7) is 5.39. The van der Waals surface area contributed by atoms with Gasteiger partial charge in [-0.15, -0.1) is 0 Å². The fourth-order valence-electron chi connectivity index (χ4n) is 1.31. The van der Waals surface area contributed by atoms with Crippen molar-refractivity contribution in [1.29, 1.82) is 0 Å². The predicted octanol–water partition coefficient (Wildman–Crippen LogP) is 1.59. The number of hydrogen-bond acceptors (Lipinski definition) is 4. The van der Waals surface area contributed by atoms with Gasteiger partial charge in [0.1, 0.15) is 17.4 Å². The van der Waals surface area contributed by atoms with Crippen LogP contribution >= 0.6 is 11.8 Å². The molecule has 0 bridgehead atoms. The zero-order valence-electron chi connectivity index (χ0n) is 9.33. The normalized spacial score (nSPS) is 26.1. The molecule has 1 aliphatic heterocycles. The summed E-state index contributed by atoms with van der Waals surface area (Å²) in [7, 11) is 0. The van der Waals surface area contributed by atoms with Gasteiger partial charge in [0.25, 0.3) is 0 Å². The van der Waals surface area contributed by atoms with Gasteiger partial charge in [-0.3, -0.25) is 0 Å². The van der Waals surface area contributed by atoms with E-state index in [0.29, 0.717) is 12.2 Å². The van der Waals surface area contributed by atoms with Gasteiger partial charge in [0.15, 0.2) is 0 Å². The third-order valence-corrected chi connectivity index (χ3v) is 3.24. The minimum absolute atomic E-state index is 0.517. The first kappa shape index (κ1) is 12.4. The summed E-state index contributed by atoms with van der Waals surface area (Å²) in [6, 6.07) is 0. The highest BCUT2D eigenvalue weighted by Gasteiger charge is 2.36. The molecule has 1 amide bonds. The smallest absolute Gasteiger partial charge is 0.408 e. The molecule has 86 valence electrons. The Hall–Kier alpha value is -0.710. The fourth-order valence-corrected chi connectivity index (χ4v) is 2.61. The van der Waals surface area contributed by atoms with Gasteiger partial charge < -0.3 is 14.8 Å². The van der Waals surface area contributed by atoms with E-state index in [0.717, 1.165) is 12.0 Å². The van der Waals surface area contributed by atoms with Crippen LogP contribution in [0.5, 0.6) is 0 Å². The Morgan fingerprint density at radius 3 is 2.60 bits per heavy atom. The second kappa shape index (κ2) is 4.43. The molecule has 1 heterocycles. The molecule has 1 atom stereocenters. The number of carbonyl (C=O) groups excluding carboxylic acids is 2. The summed E-state index contributed by atoms with van der Waals surface area (Å²) in [5.74, 6) is 1.53. The van der Waals surface area contributed by atoms with Gasteiger partial charge in [0, 0.05) is 5.75 Å². The zero-order valence-corrected chi connectivity index (χ0v) is 10.1. The largest absolute Gasteiger partial charge is 0.444 e. The van der Waals surface area contributed by atoms with Crippen LogP contribution in [0.4, 0.5) is 4.79 Å². The maximum Gasteiger partial charge on any atom is 0.408 e. The highest BCUT2D eigenvalue weighted by atomic mass is 32.2. The first-order chi connectivity index (χ1) is 6.87. The fraction of sp³-hybridized carbons (Fsp3) is 0.800. The molecule has 15 heavy (non-hydrogen) atoms. The van der Waals surface area contributed by atoms with Crippen LogP contribution in [-0.2, 0) is 9.53 Å². The standard InChI is InChI=1S/C10H17NO3S/c1-9(2,3)14-8(13)11-10(6-12)4-5-15-7-10/h6H,4-5,7H2,1-3H3,(H,11,13). The van der Waals surface area contributed by atoms with Gasteiger partial charge in [-0.25, -0.2) is 4.79 Å². The van der Waals surface area contributed by atoms with E-state index in [1.54, 1.807) is 32.5 Å². The van der Waals surface area contributed by atoms with E-state index in [4.69, 9.17) is 4.74 Å². The molecular formula is C10H17NO3S. The molecule has 0 aromatic carbocycles. The summed E-state index contributed by atoms with van der Waals surface area (Å²) in [4.78, 5) is 22.4. The molecule has 1 saturated heterocycles. The topological polar surface area (TPSA) is 55.4 Å². The van der Waals surface area contributed by atoms with Gasteiger partial charge in [-0.1, -0.05) is 0 Å². The molecule has 0 spiro atoms. The van der Waals surface area contributed by atoms with E-state index in [9.17, 15) is 9.59 Å². The van der Waals surface area contributed by atoms with Crippen molar-refractivity contribution in [3.63, 3.8) is 0 Å². The third-order valence-electron chi connectivity index (χ3n) is 2.03. The van der Waals surface area contributed by atoms with Gasteiger partial charge in [-0.05, 0) is 32.9 Å². The van der Waals surface area contributed by atoms with E-state index < -0.39 is 17.2 Å². The highest BCUT2D eigenvalue weighted by Crippen LogP contribution is 2.26. The highest BCUT2D eigenvalue weighted by molar-refractivity contribution is 7.99. The molecule has 1 aliphatic rings.